The second-order valence-electron chi connectivity index (χ2n) is 4.46. The topological polar surface area (TPSA) is 38.3 Å². The zero-order chi connectivity index (χ0) is 13.5. The Morgan fingerprint density at radius 1 is 1.28 bits per heavy atom. The predicted molar refractivity (Wildman–Crippen MR) is 77.1 cm³/mol. The molecule has 3 nitrogen and oxygen atoms in total. The summed E-state index contributed by atoms with van der Waals surface area (Å²) in [6.07, 6.45) is 2.09. The Kier molecular flexibility index (Phi) is 6.05. The van der Waals surface area contributed by atoms with Gasteiger partial charge in [-0.05, 0) is 44.7 Å². The quantitative estimate of drug-likeness (QED) is 0.861. The molecular formula is C14H21NO2S. The van der Waals surface area contributed by atoms with Gasteiger partial charge in [-0.1, -0.05) is 12.1 Å². The number of ether oxygens (including phenoxy) is 1. The van der Waals surface area contributed by atoms with Crippen molar-refractivity contribution in [3.8, 4) is 5.75 Å². The molecule has 0 aliphatic carbocycles. The van der Waals surface area contributed by atoms with E-state index in [1.807, 2.05) is 51.3 Å². The fourth-order valence-corrected chi connectivity index (χ4v) is 1.95. The first-order valence-electron chi connectivity index (χ1n) is 6.08. The summed E-state index contributed by atoms with van der Waals surface area (Å²) in [5.41, 5.74) is 1.08. The van der Waals surface area contributed by atoms with E-state index >= 15 is 0 Å². The van der Waals surface area contributed by atoms with Gasteiger partial charge in [-0.25, -0.2) is 0 Å². The van der Waals surface area contributed by atoms with E-state index in [4.69, 9.17) is 4.74 Å². The molecule has 0 fully saturated rings. The second kappa shape index (κ2) is 7.31. The molecule has 0 bridgehead atoms. The first-order chi connectivity index (χ1) is 8.52. The maximum atomic E-state index is 11.5. The van der Waals surface area contributed by atoms with Gasteiger partial charge in [0.25, 0.3) is 0 Å². The molecule has 0 heterocycles. The van der Waals surface area contributed by atoms with Crippen molar-refractivity contribution in [2.24, 2.45) is 0 Å². The average molecular weight is 267 g/mol. The number of carbonyl (C=O) groups excluding carboxylic acids is 1. The van der Waals surface area contributed by atoms with E-state index in [-0.39, 0.29) is 18.1 Å². The summed E-state index contributed by atoms with van der Waals surface area (Å²) in [5.74, 6) is 1.42. The van der Waals surface area contributed by atoms with Crippen molar-refractivity contribution >= 4 is 17.7 Å². The summed E-state index contributed by atoms with van der Waals surface area (Å²) in [6.45, 7) is 5.98. The van der Waals surface area contributed by atoms with Crippen molar-refractivity contribution in [3.05, 3.63) is 29.8 Å². The molecular weight excluding hydrogens is 246 g/mol. The Labute approximate surface area is 113 Å². The minimum atomic E-state index is 0.0257. The molecule has 0 aliphatic rings. The van der Waals surface area contributed by atoms with Gasteiger partial charge in [0.2, 0.25) is 5.91 Å². The molecule has 1 rings (SSSR count). The fraction of sp³-hybridized carbons (Fsp3) is 0.500. The second-order valence-corrected chi connectivity index (χ2v) is 5.32. The highest BCUT2D eigenvalue weighted by Gasteiger charge is 2.09. The van der Waals surface area contributed by atoms with Gasteiger partial charge in [0.05, 0.1) is 17.9 Å². The monoisotopic (exact) mass is 267 g/mol. The van der Waals surface area contributed by atoms with Crippen molar-refractivity contribution in [2.45, 2.75) is 32.9 Å². The lowest BCUT2D eigenvalue weighted by molar-refractivity contribution is -0.119. The zero-order valence-corrected chi connectivity index (χ0v) is 12.2. The van der Waals surface area contributed by atoms with E-state index in [0.717, 1.165) is 11.3 Å². The third-order valence-corrected chi connectivity index (χ3v) is 2.96. The summed E-state index contributed by atoms with van der Waals surface area (Å²) in [4.78, 5) is 11.5. The number of hydrogen-bond acceptors (Lipinski definition) is 3. The minimum Gasteiger partial charge on any atom is -0.491 e. The highest BCUT2D eigenvalue weighted by atomic mass is 32.2. The summed E-state index contributed by atoms with van der Waals surface area (Å²) in [7, 11) is 0. The Balaban J connectivity index is 2.58. The first-order valence-corrected chi connectivity index (χ1v) is 7.47. The molecule has 0 aromatic heterocycles. The molecule has 0 radical (unpaired) electrons. The van der Waals surface area contributed by atoms with Crippen molar-refractivity contribution < 1.29 is 9.53 Å². The summed E-state index contributed by atoms with van der Waals surface area (Å²) in [5, 5.41) is 2.96. The molecule has 0 saturated heterocycles. The van der Waals surface area contributed by atoms with Crippen LogP contribution in [0.4, 0.5) is 0 Å². The van der Waals surface area contributed by atoms with Gasteiger partial charge in [0.1, 0.15) is 5.75 Å². The van der Waals surface area contributed by atoms with Crippen molar-refractivity contribution in [2.75, 3.05) is 12.0 Å². The van der Waals surface area contributed by atoms with Crippen LogP contribution in [0.5, 0.6) is 5.75 Å². The van der Waals surface area contributed by atoms with Gasteiger partial charge in [-0.2, -0.15) is 11.8 Å². The standard InChI is InChI=1S/C14H21NO2S/c1-10(2)17-13-7-5-12(6-8-13)11(3)15-14(16)9-18-4/h5-8,10-11H,9H2,1-4H3,(H,15,16). The van der Waals surface area contributed by atoms with Gasteiger partial charge in [-0.15, -0.1) is 0 Å². The van der Waals surface area contributed by atoms with Crippen LogP contribution in [0.1, 0.15) is 32.4 Å². The molecule has 18 heavy (non-hydrogen) atoms. The molecule has 100 valence electrons. The highest BCUT2D eigenvalue weighted by molar-refractivity contribution is 7.99. The predicted octanol–water partition coefficient (Wildman–Crippen LogP) is 3.01. The number of thioether (sulfide) groups is 1. The van der Waals surface area contributed by atoms with Crippen LogP contribution in [-0.4, -0.2) is 24.0 Å². The van der Waals surface area contributed by atoms with E-state index in [2.05, 4.69) is 5.32 Å². The molecule has 1 N–H and O–H groups in total. The average Bonchev–Trinajstić information content (AvgIpc) is 2.29. The molecule has 1 unspecified atom stereocenters. The van der Waals surface area contributed by atoms with Crippen LogP contribution in [0.25, 0.3) is 0 Å². The number of rotatable bonds is 6. The number of benzene rings is 1. The van der Waals surface area contributed by atoms with E-state index in [9.17, 15) is 4.79 Å². The highest BCUT2D eigenvalue weighted by Crippen LogP contribution is 2.18. The largest absolute Gasteiger partial charge is 0.491 e. The molecule has 0 aliphatic heterocycles. The maximum absolute atomic E-state index is 11.5. The van der Waals surface area contributed by atoms with Crippen LogP contribution in [0.3, 0.4) is 0 Å². The normalized spacial score (nSPS) is 12.3. The Morgan fingerprint density at radius 3 is 2.39 bits per heavy atom. The van der Waals surface area contributed by atoms with Gasteiger partial charge < -0.3 is 10.1 Å². The van der Waals surface area contributed by atoms with Crippen molar-refractivity contribution in [3.63, 3.8) is 0 Å². The lowest BCUT2D eigenvalue weighted by Crippen LogP contribution is -2.28. The maximum Gasteiger partial charge on any atom is 0.230 e. The third kappa shape index (κ3) is 5.00. The van der Waals surface area contributed by atoms with E-state index < -0.39 is 0 Å². The van der Waals surface area contributed by atoms with Gasteiger partial charge in [-0.3, -0.25) is 4.79 Å². The van der Waals surface area contributed by atoms with Gasteiger partial charge >= 0.3 is 0 Å². The van der Waals surface area contributed by atoms with Crippen molar-refractivity contribution in [1.82, 2.24) is 5.32 Å². The molecule has 1 aromatic carbocycles. The zero-order valence-electron chi connectivity index (χ0n) is 11.4. The van der Waals surface area contributed by atoms with E-state index in [1.165, 1.54) is 11.8 Å². The molecule has 1 amide bonds. The van der Waals surface area contributed by atoms with E-state index in [1.54, 1.807) is 0 Å². The lowest BCUT2D eigenvalue weighted by Gasteiger charge is -2.15. The smallest absolute Gasteiger partial charge is 0.230 e. The van der Waals surface area contributed by atoms with Crippen LogP contribution in [0.15, 0.2) is 24.3 Å². The van der Waals surface area contributed by atoms with Gasteiger partial charge in [0, 0.05) is 0 Å². The number of nitrogens with one attached hydrogen (secondary N) is 1. The summed E-state index contributed by atoms with van der Waals surface area (Å²) in [6, 6.07) is 7.88. The fourth-order valence-electron chi connectivity index (χ4n) is 1.60. The Bertz CT molecular complexity index is 376. The SMILES string of the molecule is CSCC(=O)NC(C)c1ccc(OC(C)C)cc1. The molecule has 4 heteroatoms. The molecule has 1 aromatic rings. The van der Waals surface area contributed by atoms with Crippen molar-refractivity contribution in [1.29, 1.82) is 0 Å². The van der Waals surface area contributed by atoms with Crippen LogP contribution in [0.2, 0.25) is 0 Å². The lowest BCUT2D eigenvalue weighted by atomic mass is 10.1. The Hall–Kier alpha value is -1.16. The minimum absolute atomic E-state index is 0.0257. The van der Waals surface area contributed by atoms with Crippen LogP contribution in [0, 0.1) is 0 Å². The van der Waals surface area contributed by atoms with Crippen LogP contribution < -0.4 is 10.1 Å². The van der Waals surface area contributed by atoms with E-state index in [0.29, 0.717) is 5.75 Å². The molecule has 1 atom stereocenters. The Morgan fingerprint density at radius 2 is 1.89 bits per heavy atom. The summed E-state index contributed by atoms with van der Waals surface area (Å²) < 4.78 is 5.58. The third-order valence-electron chi connectivity index (χ3n) is 2.40. The van der Waals surface area contributed by atoms with Gasteiger partial charge in [0.15, 0.2) is 0 Å². The number of hydrogen-bond donors (Lipinski definition) is 1. The molecule has 0 saturated carbocycles. The van der Waals surface area contributed by atoms with Crippen LogP contribution in [-0.2, 0) is 4.79 Å². The molecule has 0 spiro atoms. The summed E-state index contributed by atoms with van der Waals surface area (Å²) >= 11 is 1.52. The van der Waals surface area contributed by atoms with Crippen LogP contribution >= 0.6 is 11.8 Å². The number of carbonyl (C=O) groups is 1. The first kappa shape index (κ1) is 14.9. The number of amides is 1.